The van der Waals surface area contributed by atoms with Crippen LogP contribution >= 0.6 is 0 Å². The van der Waals surface area contributed by atoms with Gasteiger partial charge in [-0.1, -0.05) is 18.2 Å². The molecule has 1 aromatic carbocycles. The zero-order valence-corrected chi connectivity index (χ0v) is 13.7. The summed E-state index contributed by atoms with van der Waals surface area (Å²) in [4.78, 5) is 21.5. The summed E-state index contributed by atoms with van der Waals surface area (Å²) >= 11 is 0. The van der Waals surface area contributed by atoms with Crippen molar-refractivity contribution in [1.29, 1.82) is 0 Å². The molecule has 6 heteroatoms. The normalized spacial score (nSPS) is 10.8. The number of hydrogen-bond donors (Lipinski definition) is 1. The molecule has 0 saturated carbocycles. The predicted octanol–water partition coefficient (Wildman–Crippen LogP) is 2.63. The lowest BCUT2D eigenvalue weighted by molar-refractivity contribution is 0.630. The Balaban J connectivity index is 2.09. The number of nitrogens with zero attached hydrogens (tertiary/aromatic N) is 4. The number of hydrogen-bond acceptors (Lipinski definition) is 4. The molecule has 0 amide bonds. The van der Waals surface area contributed by atoms with E-state index in [0.717, 1.165) is 22.8 Å². The minimum Gasteiger partial charge on any atom is -0.318 e. The van der Waals surface area contributed by atoms with Crippen molar-refractivity contribution in [2.24, 2.45) is 7.05 Å². The van der Waals surface area contributed by atoms with E-state index in [1.54, 1.807) is 4.68 Å². The van der Waals surface area contributed by atoms with Gasteiger partial charge in [0.05, 0.1) is 11.4 Å². The third kappa shape index (κ3) is 2.75. The second kappa shape index (κ2) is 5.72. The Morgan fingerprint density at radius 2 is 1.61 bits per heavy atom. The van der Waals surface area contributed by atoms with Crippen LogP contribution < -0.4 is 10.9 Å². The molecule has 0 fully saturated rings. The van der Waals surface area contributed by atoms with Crippen molar-refractivity contribution in [3.05, 3.63) is 63.8 Å². The van der Waals surface area contributed by atoms with E-state index in [1.807, 2.05) is 68.9 Å². The number of aromatic nitrogens is 4. The lowest BCUT2D eigenvalue weighted by Gasteiger charge is -2.07. The maximum Gasteiger partial charge on any atom is 0.295 e. The molecule has 2 aromatic heterocycles. The van der Waals surface area contributed by atoms with Crippen molar-refractivity contribution in [2.45, 2.75) is 20.8 Å². The van der Waals surface area contributed by atoms with Crippen LogP contribution in [0.4, 0.5) is 11.6 Å². The molecule has 0 unspecified atom stereocenters. The molecule has 0 aliphatic carbocycles. The van der Waals surface area contributed by atoms with E-state index in [4.69, 9.17) is 0 Å². The van der Waals surface area contributed by atoms with Crippen LogP contribution in [0.5, 0.6) is 0 Å². The molecule has 3 rings (SSSR count). The van der Waals surface area contributed by atoms with Gasteiger partial charge in [0.2, 0.25) is 5.95 Å². The van der Waals surface area contributed by atoms with Crippen molar-refractivity contribution in [3.63, 3.8) is 0 Å². The Morgan fingerprint density at radius 3 is 2.22 bits per heavy atom. The van der Waals surface area contributed by atoms with Crippen LogP contribution in [0.3, 0.4) is 0 Å². The van der Waals surface area contributed by atoms with Gasteiger partial charge in [-0.2, -0.15) is 0 Å². The maximum absolute atomic E-state index is 12.8. The number of benzene rings is 1. The lowest BCUT2D eigenvalue weighted by atomic mass is 10.3. The van der Waals surface area contributed by atoms with Crippen LogP contribution in [0.1, 0.15) is 17.1 Å². The van der Waals surface area contributed by atoms with E-state index >= 15 is 0 Å². The molecule has 0 spiro atoms. The van der Waals surface area contributed by atoms with Gasteiger partial charge in [-0.05, 0) is 39.0 Å². The molecule has 1 N–H and O–H groups in total. The molecule has 0 saturated heterocycles. The Hall–Kier alpha value is -2.89. The fourth-order valence-corrected chi connectivity index (χ4v) is 2.61. The highest BCUT2D eigenvalue weighted by Gasteiger charge is 2.17. The highest BCUT2D eigenvalue weighted by Crippen LogP contribution is 2.17. The second-order valence-electron chi connectivity index (χ2n) is 5.54. The fourth-order valence-electron chi connectivity index (χ4n) is 2.61. The predicted molar refractivity (Wildman–Crippen MR) is 90.5 cm³/mol. The van der Waals surface area contributed by atoms with Crippen LogP contribution in [-0.2, 0) is 7.05 Å². The van der Waals surface area contributed by atoms with Gasteiger partial charge in [-0.15, -0.1) is 0 Å². The van der Waals surface area contributed by atoms with Crippen molar-refractivity contribution in [2.75, 3.05) is 5.32 Å². The third-order valence-electron chi connectivity index (χ3n) is 3.77. The van der Waals surface area contributed by atoms with E-state index < -0.39 is 0 Å². The first-order chi connectivity index (χ1) is 11.0. The zero-order valence-electron chi connectivity index (χ0n) is 13.7. The summed E-state index contributed by atoms with van der Waals surface area (Å²) in [6, 6.07) is 11.4. The van der Waals surface area contributed by atoms with Crippen molar-refractivity contribution in [1.82, 2.24) is 19.3 Å². The minimum absolute atomic E-state index is 0.126. The van der Waals surface area contributed by atoms with Crippen molar-refractivity contribution >= 4 is 11.6 Å². The summed E-state index contributed by atoms with van der Waals surface area (Å²) in [5, 5.41) is 3.08. The number of aryl methyl sites for hydroxylation is 2. The summed E-state index contributed by atoms with van der Waals surface area (Å²) in [5.74, 6) is 0.438. The van der Waals surface area contributed by atoms with Crippen molar-refractivity contribution < 1.29 is 0 Å². The van der Waals surface area contributed by atoms with Crippen LogP contribution in [0.15, 0.2) is 41.2 Å². The summed E-state index contributed by atoms with van der Waals surface area (Å²) in [7, 11) is 1.86. The highest BCUT2D eigenvalue weighted by molar-refractivity contribution is 5.56. The lowest BCUT2D eigenvalue weighted by Crippen LogP contribution is -2.20. The largest absolute Gasteiger partial charge is 0.318 e. The zero-order chi connectivity index (χ0) is 16.6. The first-order valence-electron chi connectivity index (χ1n) is 7.40. The molecular formula is C17H19N5O. The Bertz CT molecular complexity index is 888. The monoisotopic (exact) mass is 309 g/mol. The Kier molecular flexibility index (Phi) is 3.73. The number of nitrogens with one attached hydrogen (secondary N) is 1. The third-order valence-corrected chi connectivity index (χ3v) is 3.77. The molecule has 0 aliphatic rings. The number of rotatable bonds is 3. The van der Waals surface area contributed by atoms with Crippen LogP contribution in [0, 0.1) is 20.8 Å². The van der Waals surface area contributed by atoms with Gasteiger partial charge >= 0.3 is 0 Å². The number of para-hydroxylation sites is 1. The van der Waals surface area contributed by atoms with Gasteiger partial charge in [0.1, 0.15) is 5.69 Å². The van der Waals surface area contributed by atoms with E-state index in [-0.39, 0.29) is 5.56 Å². The first-order valence-corrected chi connectivity index (χ1v) is 7.40. The summed E-state index contributed by atoms with van der Waals surface area (Å²) in [6.07, 6.45) is 0. The standard InChI is InChI=1S/C17H19N5O/c1-11-10-12(2)19-17(18-11)20-15-13(3)21(4)22(16(15)23)14-8-6-5-7-9-14/h5-10H,1-4H3,(H,18,19,20). The molecule has 23 heavy (non-hydrogen) atoms. The van der Waals surface area contributed by atoms with Gasteiger partial charge in [-0.3, -0.25) is 9.48 Å². The Labute approximate surface area is 134 Å². The topological polar surface area (TPSA) is 64.7 Å². The van der Waals surface area contributed by atoms with Gasteiger partial charge in [0, 0.05) is 18.4 Å². The average molecular weight is 309 g/mol. The van der Waals surface area contributed by atoms with E-state index in [0.29, 0.717) is 11.6 Å². The molecule has 0 radical (unpaired) electrons. The SMILES string of the molecule is Cc1cc(C)nc(Nc2c(C)n(C)n(-c3ccccc3)c2=O)n1. The quantitative estimate of drug-likeness (QED) is 0.808. The molecular weight excluding hydrogens is 290 g/mol. The molecule has 2 heterocycles. The Morgan fingerprint density at radius 1 is 1.00 bits per heavy atom. The summed E-state index contributed by atoms with van der Waals surface area (Å²) in [6.45, 7) is 5.70. The summed E-state index contributed by atoms with van der Waals surface area (Å²) in [5.41, 5.74) is 3.72. The molecule has 118 valence electrons. The number of anilines is 2. The maximum atomic E-state index is 12.8. The summed E-state index contributed by atoms with van der Waals surface area (Å²) < 4.78 is 3.45. The second-order valence-corrected chi connectivity index (χ2v) is 5.54. The van der Waals surface area contributed by atoms with Crippen LogP contribution in [0.25, 0.3) is 5.69 Å². The molecule has 3 aromatic rings. The molecule has 6 nitrogen and oxygen atoms in total. The van der Waals surface area contributed by atoms with Crippen molar-refractivity contribution in [3.8, 4) is 5.69 Å². The fraction of sp³-hybridized carbons (Fsp3) is 0.235. The van der Waals surface area contributed by atoms with E-state index in [1.165, 1.54) is 0 Å². The van der Waals surface area contributed by atoms with Gasteiger partial charge in [0.25, 0.3) is 5.56 Å². The van der Waals surface area contributed by atoms with E-state index in [2.05, 4.69) is 15.3 Å². The van der Waals surface area contributed by atoms with Crippen LogP contribution in [0.2, 0.25) is 0 Å². The first kappa shape index (κ1) is 15.0. The van der Waals surface area contributed by atoms with Gasteiger partial charge in [-0.25, -0.2) is 14.6 Å². The average Bonchev–Trinajstić information content (AvgIpc) is 2.71. The van der Waals surface area contributed by atoms with E-state index in [9.17, 15) is 4.79 Å². The molecule has 0 aliphatic heterocycles. The van der Waals surface area contributed by atoms with Gasteiger partial charge < -0.3 is 5.32 Å². The smallest absolute Gasteiger partial charge is 0.295 e. The molecule has 0 bridgehead atoms. The highest BCUT2D eigenvalue weighted by atomic mass is 16.1. The van der Waals surface area contributed by atoms with Gasteiger partial charge in [0.15, 0.2) is 0 Å². The minimum atomic E-state index is -0.126. The molecule has 0 atom stereocenters. The van der Waals surface area contributed by atoms with Crippen LogP contribution in [-0.4, -0.2) is 19.3 Å².